The van der Waals surface area contributed by atoms with Crippen LogP contribution in [-0.4, -0.2) is 4.98 Å². The molecule has 2 heteroatoms. The number of halogens is 1. The van der Waals surface area contributed by atoms with Gasteiger partial charge in [-0.3, -0.25) is 4.98 Å². The molecule has 1 rings (SSSR count). The van der Waals surface area contributed by atoms with E-state index in [4.69, 9.17) is 11.6 Å². The van der Waals surface area contributed by atoms with E-state index in [2.05, 4.69) is 11.6 Å². The molecule has 0 amide bonds. The van der Waals surface area contributed by atoms with Crippen LogP contribution in [-0.2, 0) is 0 Å². The SMILES string of the molecule is C=C(C)c1cnc(C)cc1Cl. The maximum atomic E-state index is 5.92. The third-order valence-corrected chi connectivity index (χ3v) is 1.76. The van der Waals surface area contributed by atoms with Crippen molar-refractivity contribution in [3.05, 3.63) is 35.1 Å². The van der Waals surface area contributed by atoms with Crippen LogP contribution in [0.1, 0.15) is 18.2 Å². The zero-order valence-electron chi connectivity index (χ0n) is 6.69. The molecule has 1 aromatic rings. The van der Waals surface area contributed by atoms with Crippen LogP contribution in [0.5, 0.6) is 0 Å². The molecule has 0 aliphatic carbocycles. The van der Waals surface area contributed by atoms with Gasteiger partial charge in [0.05, 0.1) is 5.02 Å². The molecule has 0 saturated carbocycles. The van der Waals surface area contributed by atoms with Crippen LogP contribution < -0.4 is 0 Å². The first-order valence-electron chi connectivity index (χ1n) is 3.39. The minimum absolute atomic E-state index is 0.727. The van der Waals surface area contributed by atoms with Gasteiger partial charge in [-0.05, 0) is 25.5 Å². The number of nitrogens with zero attached hydrogens (tertiary/aromatic N) is 1. The van der Waals surface area contributed by atoms with Crippen molar-refractivity contribution >= 4 is 17.2 Å². The van der Waals surface area contributed by atoms with E-state index in [9.17, 15) is 0 Å². The second-order valence-electron chi connectivity index (χ2n) is 2.59. The predicted molar refractivity (Wildman–Crippen MR) is 48.7 cm³/mol. The van der Waals surface area contributed by atoms with Crippen LogP contribution in [0.4, 0.5) is 0 Å². The molecule has 1 heterocycles. The fourth-order valence-electron chi connectivity index (χ4n) is 0.840. The third-order valence-electron chi connectivity index (χ3n) is 1.45. The summed E-state index contributed by atoms with van der Waals surface area (Å²) in [7, 11) is 0. The van der Waals surface area contributed by atoms with Crippen molar-refractivity contribution in [2.75, 3.05) is 0 Å². The Bertz CT molecular complexity index is 292. The van der Waals surface area contributed by atoms with Crippen LogP contribution in [0, 0.1) is 6.92 Å². The molecule has 0 atom stereocenters. The summed E-state index contributed by atoms with van der Waals surface area (Å²) in [4.78, 5) is 4.12. The van der Waals surface area contributed by atoms with Gasteiger partial charge in [0.1, 0.15) is 0 Å². The molecule has 11 heavy (non-hydrogen) atoms. The Morgan fingerprint density at radius 3 is 2.73 bits per heavy atom. The van der Waals surface area contributed by atoms with Gasteiger partial charge in [-0.25, -0.2) is 0 Å². The van der Waals surface area contributed by atoms with E-state index >= 15 is 0 Å². The quantitative estimate of drug-likeness (QED) is 0.627. The molecule has 0 aliphatic rings. The summed E-state index contributed by atoms with van der Waals surface area (Å²) in [5.74, 6) is 0. The number of hydrogen-bond acceptors (Lipinski definition) is 1. The lowest BCUT2D eigenvalue weighted by molar-refractivity contribution is 1.19. The van der Waals surface area contributed by atoms with Crippen LogP contribution in [0.25, 0.3) is 5.57 Å². The first kappa shape index (κ1) is 8.28. The molecule has 1 nitrogen and oxygen atoms in total. The Kier molecular flexibility index (Phi) is 2.30. The van der Waals surface area contributed by atoms with E-state index in [-0.39, 0.29) is 0 Å². The van der Waals surface area contributed by atoms with Gasteiger partial charge in [0.25, 0.3) is 0 Å². The lowest BCUT2D eigenvalue weighted by Crippen LogP contribution is -1.85. The van der Waals surface area contributed by atoms with E-state index in [0.29, 0.717) is 0 Å². The van der Waals surface area contributed by atoms with Crippen molar-refractivity contribution in [2.45, 2.75) is 13.8 Å². The van der Waals surface area contributed by atoms with Crippen molar-refractivity contribution in [3.8, 4) is 0 Å². The first-order valence-corrected chi connectivity index (χ1v) is 3.77. The fraction of sp³-hybridized carbons (Fsp3) is 0.222. The largest absolute Gasteiger partial charge is 0.261 e. The number of rotatable bonds is 1. The average molecular weight is 168 g/mol. The Morgan fingerprint density at radius 2 is 2.27 bits per heavy atom. The van der Waals surface area contributed by atoms with Crippen molar-refractivity contribution < 1.29 is 0 Å². The fourth-order valence-corrected chi connectivity index (χ4v) is 1.21. The number of allylic oxidation sites excluding steroid dienone is 1. The van der Waals surface area contributed by atoms with Crippen LogP contribution in [0.3, 0.4) is 0 Å². The highest BCUT2D eigenvalue weighted by Crippen LogP contribution is 2.21. The molecule has 0 aliphatic heterocycles. The summed E-state index contributed by atoms with van der Waals surface area (Å²) in [6.07, 6.45) is 1.75. The van der Waals surface area contributed by atoms with Gasteiger partial charge in [-0.2, -0.15) is 0 Å². The van der Waals surface area contributed by atoms with Gasteiger partial charge in [0.15, 0.2) is 0 Å². The van der Waals surface area contributed by atoms with Gasteiger partial charge in [-0.1, -0.05) is 18.2 Å². The molecule has 1 aromatic heterocycles. The van der Waals surface area contributed by atoms with Gasteiger partial charge >= 0.3 is 0 Å². The zero-order chi connectivity index (χ0) is 8.43. The molecule has 58 valence electrons. The smallest absolute Gasteiger partial charge is 0.0514 e. The molecule has 0 aromatic carbocycles. The maximum absolute atomic E-state index is 5.92. The molecule has 0 bridgehead atoms. The predicted octanol–water partition coefficient (Wildman–Crippen LogP) is 3.08. The average Bonchev–Trinajstić information content (AvgIpc) is 1.85. The summed E-state index contributed by atoms with van der Waals surface area (Å²) in [6.45, 7) is 7.62. The topological polar surface area (TPSA) is 12.9 Å². The van der Waals surface area contributed by atoms with Crippen molar-refractivity contribution in [3.63, 3.8) is 0 Å². The highest BCUT2D eigenvalue weighted by atomic mass is 35.5. The zero-order valence-corrected chi connectivity index (χ0v) is 7.44. The maximum Gasteiger partial charge on any atom is 0.0514 e. The molecule has 0 N–H and O–H groups in total. The van der Waals surface area contributed by atoms with Gasteiger partial charge in [0, 0.05) is 17.5 Å². The van der Waals surface area contributed by atoms with Crippen molar-refractivity contribution in [1.29, 1.82) is 0 Å². The van der Waals surface area contributed by atoms with E-state index in [1.807, 2.05) is 19.9 Å². The lowest BCUT2D eigenvalue weighted by Gasteiger charge is -2.02. The van der Waals surface area contributed by atoms with E-state index in [0.717, 1.165) is 21.9 Å². The lowest BCUT2D eigenvalue weighted by atomic mass is 10.1. The minimum Gasteiger partial charge on any atom is -0.261 e. The summed E-state index contributed by atoms with van der Waals surface area (Å²) >= 11 is 5.92. The van der Waals surface area contributed by atoms with E-state index in [1.165, 1.54) is 0 Å². The second kappa shape index (κ2) is 3.05. The van der Waals surface area contributed by atoms with Crippen LogP contribution >= 0.6 is 11.6 Å². The molecule has 0 fully saturated rings. The summed E-state index contributed by atoms with van der Waals surface area (Å²) in [5.41, 5.74) is 2.81. The van der Waals surface area contributed by atoms with Gasteiger partial charge in [0.2, 0.25) is 0 Å². The Labute approximate surface area is 71.7 Å². The molecule has 0 unspecified atom stereocenters. The first-order chi connectivity index (χ1) is 5.11. The Hall–Kier alpha value is -0.820. The van der Waals surface area contributed by atoms with E-state index in [1.54, 1.807) is 6.20 Å². The van der Waals surface area contributed by atoms with Crippen LogP contribution in [0.15, 0.2) is 18.8 Å². The molecule has 0 spiro atoms. The Balaban J connectivity index is 3.20. The van der Waals surface area contributed by atoms with Gasteiger partial charge < -0.3 is 0 Å². The number of hydrogen-bond donors (Lipinski definition) is 0. The summed E-state index contributed by atoms with van der Waals surface area (Å²) in [6, 6.07) is 1.84. The second-order valence-corrected chi connectivity index (χ2v) is 2.99. The molecule has 0 radical (unpaired) electrons. The van der Waals surface area contributed by atoms with E-state index < -0.39 is 0 Å². The third kappa shape index (κ3) is 1.81. The van der Waals surface area contributed by atoms with Crippen LogP contribution in [0.2, 0.25) is 5.02 Å². The summed E-state index contributed by atoms with van der Waals surface area (Å²) in [5, 5.41) is 0.727. The van der Waals surface area contributed by atoms with Crippen molar-refractivity contribution in [2.24, 2.45) is 0 Å². The highest BCUT2D eigenvalue weighted by molar-refractivity contribution is 6.32. The van der Waals surface area contributed by atoms with Gasteiger partial charge in [-0.15, -0.1) is 0 Å². The number of aryl methyl sites for hydroxylation is 1. The molecular weight excluding hydrogens is 158 g/mol. The molecular formula is C9H10ClN. The highest BCUT2D eigenvalue weighted by Gasteiger charge is 2.00. The number of aromatic nitrogens is 1. The summed E-state index contributed by atoms with van der Waals surface area (Å²) < 4.78 is 0. The molecule has 0 saturated heterocycles. The normalized spacial score (nSPS) is 9.73. The monoisotopic (exact) mass is 167 g/mol. The Morgan fingerprint density at radius 1 is 1.64 bits per heavy atom. The number of pyridine rings is 1. The minimum atomic E-state index is 0.727. The standard InChI is InChI=1S/C9H10ClN/c1-6(2)8-5-11-7(3)4-9(8)10/h4-5H,1H2,2-3H3. The van der Waals surface area contributed by atoms with Crippen molar-refractivity contribution in [1.82, 2.24) is 4.98 Å².